The van der Waals surface area contributed by atoms with Crippen LogP contribution in [-0.4, -0.2) is 53.2 Å². The fourth-order valence-corrected chi connectivity index (χ4v) is 3.87. The molecule has 1 amide bonds. The van der Waals surface area contributed by atoms with Crippen molar-refractivity contribution in [1.29, 1.82) is 0 Å². The monoisotopic (exact) mass is 337 g/mol. The first-order valence-corrected chi connectivity index (χ1v) is 8.68. The van der Waals surface area contributed by atoms with E-state index in [-0.39, 0.29) is 11.3 Å². The topological polar surface area (TPSA) is 56.7 Å². The number of piperidine rings is 2. The van der Waals surface area contributed by atoms with Crippen LogP contribution in [-0.2, 0) is 4.79 Å². The second-order valence-corrected chi connectivity index (χ2v) is 7.38. The third kappa shape index (κ3) is 3.78. The molecule has 0 aliphatic carbocycles. The van der Waals surface area contributed by atoms with E-state index >= 15 is 0 Å². The van der Waals surface area contributed by atoms with Crippen LogP contribution in [0.25, 0.3) is 0 Å². The Balaban J connectivity index is 1.63. The van der Waals surface area contributed by atoms with Crippen molar-refractivity contribution in [2.24, 2.45) is 5.41 Å². The summed E-state index contributed by atoms with van der Waals surface area (Å²) in [5.74, 6) is 1.15. The lowest BCUT2D eigenvalue weighted by molar-refractivity contribution is -0.139. The van der Waals surface area contributed by atoms with Gasteiger partial charge in [-0.2, -0.15) is 0 Å². The van der Waals surface area contributed by atoms with Crippen molar-refractivity contribution in [1.82, 2.24) is 9.88 Å². The largest absolute Gasteiger partial charge is 0.392 e. The summed E-state index contributed by atoms with van der Waals surface area (Å²) in [5.41, 5.74) is 0.200. The van der Waals surface area contributed by atoms with E-state index in [1.54, 1.807) is 13.1 Å². The predicted octanol–water partition coefficient (Wildman–Crippen LogP) is 2.32. The fourth-order valence-electron chi connectivity index (χ4n) is 3.76. The molecule has 0 aromatic carbocycles. The first kappa shape index (κ1) is 16.5. The Hall–Kier alpha value is -1.33. The number of aliphatic hydroxyl groups excluding tert-OH is 1. The lowest BCUT2D eigenvalue weighted by Gasteiger charge is -2.48. The molecule has 2 saturated heterocycles. The Bertz CT molecular complexity index is 553. The molecule has 0 radical (unpaired) electrons. The van der Waals surface area contributed by atoms with Gasteiger partial charge in [0.15, 0.2) is 0 Å². The Labute approximate surface area is 142 Å². The third-order valence-corrected chi connectivity index (χ3v) is 5.32. The van der Waals surface area contributed by atoms with Crippen molar-refractivity contribution >= 4 is 23.3 Å². The summed E-state index contributed by atoms with van der Waals surface area (Å²) in [6.45, 7) is 4.86. The first-order chi connectivity index (χ1) is 11.0. The molecular formula is C17H24ClN3O2. The number of likely N-dealkylation sites (tertiary alicyclic amines) is 1. The molecule has 23 heavy (non-hydrogen) atoms. The minimum atomic E-state index is -0.465. The summed E-state index contributed by atoms with van der Waals surface area (Å²) in [6, 6.07) is 3.84. The Kier molecular flexibility index (Phi) is 4.78. The average Bonchev–Trinajstić information content (AvgIpc) is 2.52. The zero-order valence-electron chi connectivity index (χ0n) is 13.5. The molecule has 2 aliphatic rings. The third-order valence-electron chi connectivity index (χ3n) is 5.09. The van der Waals surface area contributed by atoms with Gasteiger partial charge in [-0.1, -0.05) is 11.6 Å². The van der Waals surface area contributed by atoms with Crippen molar-refractivity contribution in [3.05, 3.63) is 23.4 Å². The molecule has 1 aromatic rings. The van der Waals surface area contributed by atoms with Crippen LogP contribution in [0.5, 0.6) is 0 Å². The van der Waals surface area contributed by atoms with E-state index in [9.17, 15) is 9.90 Å². The maximum absolute atomic E-state index is 12.1. The van der Waals surface area contributed by atoms with Crippen LogP contribution in [0.1, 0.15) is 32.6 Å². The number of carbonyl (C=O) groups excluding carboxylic acids is 1. The average molecular weight is 338 g/mol. The van der Waals surface area contributed by atoms with E-state index in [1.807, 2.05) is 17.0 Å². The molecule has 0 bridgehead atoms. The number of pyridine rings is 1. The maximum atomic E-state index is 12.1. The molecule has 2 aliphatic heterocycles. The van der Waals surface area contributed by atoms with Crippen molar-refractivity contribution in [2.45, 2.75) is 38.7 Å². The summed E-state index contributed by atoms with van der Waals surface area (Å²) < 4.78 is 0. The summed E-state index contributed by atoms with van der Waals surface area (Å²) >= 11 is 5.90. The number of amides is 1. The number of carbonyl (C=O) groups is 1. The van der Waals surface area contributed by atoms with Gasteiger partial charge in [-0.25, -0.2) is 4.98 Å². The minimum absolute atomic E-state index is 0.179. The number of hydrogen-bond donors (Lipinski definition) is 1. The number of anilines is 1. The molecule has 3 heterocycles. The number of aromatic nitrogens is 1. The Morgan fingerprint density at radius 2 is 2.09 bits per heavy atom. The molecule has 1 unspecified atom stereocenters. The van der Waals surface area contributed by atoms with Gasteiger partial charge in [0, 0.05) is 38.8 Å². The molecule has 1 aromatic heterocycles. The highest BCUT2D eigenvalue weighted by atomic mass is 35.5. The first-order valence-electron chi connectivity index (χ1n) is 8.30. The molecule has 126 valence electrons. The van der Waals surface area contributed by atoms with E-state index in [0.29, 0.717) is 18.0 Å². The van der Waals surface area contributed by atoms with Gasteiger partial charge in [-0.15, -0.1) is 0 Å². The molecule has 0 saturated carbocycles. The summed E-state index contributed by atoms with van der Waals surface area (Å²) in [7, 11) is 0. The zero-order valence-corrected chi connectivity index (χ0v) is 14.3. The molecule has 1 atom stereocenters. The summed E-state index contributed by atoms with van der Waals surface area (Å²) in [6.07, 6.45) is 4.90. The SMILES string of the molecule is CC(O)CN1CC2(CCC1=O)CCN(c1ccc(Cl)cn1)CC2. The van der Waals surface area contributed by atoms with E-state index in [4.69, 9.17) is 11.6 Å². The van der Waals surface area contributed by atoms with Gasteiger partial charge in [-0.3, -0.25) is 4.79 Å². The van der Waals surface area contributed by atoms with Gasteiger partial charge in [0.25, 0.3) is 0 Å². The van der Waals surface area contributed by atoms with Crippen LogP contribution < -0.4 is 4.90 Å². The van der Waals surface area contributed by atoms with Gasteiger partial charge in [0.05, 0.1) is 11.1 Å². The van der Waals surface area contributed by atoms with Crippen LogP contribution in [0, 0.1) is 5.41 Å². The van der Waals surface area contributed by atoms with Gasteiger partial charge < -0.3 is 14.9 Å². The van der Waals surface area contributed by atoms with Crippen LogP contribution in [0.2, 0.25) is 5.02 Å². The Morgan fingerprint density at radius 1 is 1.35 bits per heavy atom. The molecule has 6 heteroatoms. The van der Waals surface area contributed by atoms with Crippen molar-refractivity contribution in [2.75, 3.05) is 31.1 Å². The minimum Gasteiger partial charge on any atom is -0.392 e. The number of rotatable bonds is 3. The number of halogens is 1. The number of aliphatic hydroxyl groups is 1. The van der Waals surface area contributed by atoms with Gasteiger partial charge in [0.2, 0.25) is 5.91 Å². The van der Waals surface area contributed by atoms with E-state index < -0.39 is 6.10 Å². The molecule has 5 nitrogen and oxygen atoms in total. The number of nitrogens with zero attached hydrogens (tertiary/aromatic N) is 3. The predicted molar refractivity (Wildman–Crippen MR) is 90.6 cm³/mol. The van der Waals surface area contributed by atoms with Crippen LogP contribution in [0.15, 0.2) is 18.3 Å². The zero-order chi connectivity index (χ0) is 16.4. The quantitative estimate of drug-likeness (QED) is 0.919. The van der Waals surface area contributed by atoms with Crippen molar-refractivity contribution in [3.63, 3.8) is 0 Å². The maximum Gasteiger partial charge on any atom is 0.222 e. The number of hydrogen-bond acceptors (Lipinski definition) is 4. The van der Waals surface area contributed by atoms with Gasteiger partial charge >= 0.3 is 0 Å². The van der Waals surface area contributed by atoms with Crippen LogP contribution in [0.4, 0.5) is 5.82 Å². The second kappa shape index (κ2) is 6.65. The van der Waals surface area contributed by atoms with Crippen molar-refractivity contribution < 1.29 is 9.90 Å². The molecule has 3 rings (SSSR count). The second-order valence-electron chi connectivity index (χ2n) is 6.94. The number of β-amino-alcohol motifs (C(OH)–C–C–N with tert-alkyl or cyclic N) is 1. The lowest BCUT2D eigenvalue weighted by Crippen LogP contribution is -2.52. The molecule has 1 spiro atoms. The smallest absolute Gasteiger partial charge is 0.222 e. The highest BCUT2D eigenvalue weighted by Crippen LogP contribution is 2.41. The van der Waals surface area contributed by atoms with E-state index in [2.05, 4.69) is 9.88 Å². The van der Waals surface area contributed by atoms with E-state index in [1.165, 1.54) is 0 Å². The lowest BCUT2D eigenvalue weighted by atomic mass is 9.72. The van der Waals surface area contributed by atoms with Gasteiger partial charge in [0.1, 0.15) is 5.82 Å². The van der Waals surface area contributed by atoms with Crippen LogP contribution >= 0.6 is 11.6 Å². The highest BCUT2D eigenvalue weighted by Gasteiger charge is 2.41. The molecular weight excluding hydrogens is 314 g/mol. The van der Waals surface area contributed by atoms with Gasteiger partial charge in [-0.05, 0) is 43.7 Å². The highest BCUT2D eigenvalue weighted by molar-refractivity contribution is 6.30. The van der Waals surface area contributed by atoms with E-state index in [0.717, 1.165) is 44.7 Å². The standard InChI is InChI=1S/C17H24ClN3O2/c1-13(22)11-21-12-17(5-4-16(21)23)6-8-20(9-7-17)15-3-2-14(18)10-19-15/h2-3,10,13,22H,4-9,11-12H2,1H3. The fraction of sp³-hybridized carbons (Fsp3) is 0.647. The molecule has 1 N–H and O–H groups in total. The van der Waals surface area contributed by atoms with Crippen LogP contribution in [0.3, 0.4) is 0 Å². The summed E-state index contributed by atoms with van der Waals surface area (Å²) in [5, 5.41) is 10.3. The Morgan fingerprint density at radius 3 is 2.70 bits per heavy atom. The summed E-state index contributed by atoms with van der Waals surface area (Å²) in [4.78, 5) is 20.6. The normalized spacial score (nSPS) is 22.5. The van der Waals surface area contributed by atoms with Crippen molar-refractivity contribution in [3.8, 4) is 0 Å². The molecule has 2 fully saturated rings.